The van der Waals surface area contributed by atoms with Crippen molar-refractivity contribution in [2.45, 2.75) is 25.6 Å². The number of carbonyl (C=O) groups excluding carboxylic acids is 1. The van der Waals surface area contributed by atoms with Crippen LogP contribution in [0.1, 0.15) is 33.5 Å². The van der Waals surface area contributed by atoms with E-state index in [9.17, 15) is 9.90 Å². The van der Waals surface area contributed by atoms with Crippen LogP contribution in [0.3, 0.4) is 0 Å². The van der Waals surface area contributed by atoms with Gasteiger partial charge in [-0.2, -0.15) is 0 Å². The highest BCUT2D eigenvalue weighted by atomic mass is 16.7. The molecule has 0 bridgehead atoms. The maximum Gasteiger partial charge on any atom is 0.260 e. The van der Waals surface area contributed by atoms with Crippen LogP contribution in [0.15, 0.2) is 60.9 Å². The van der Waals surface area contributed by atoms with Gasteiger partial charge >= 0.3 is 0 Å². The number of carbonyl (C=O) groups is 1. The minimum atomic E-state index is -1.48. The highest BCUT2D eigenvalue weighted by molar-refractivity contribution is 6.02. The van der Waals surface area contributed by atoms with Crippen molar-refractivity contribution in [3.63, 3.8) is 0 Å². The average Bonchev–Trinajstić information content (AvgIpc) is 2.63. The van der Waals surface area contributed by atoms with E-state index in [1.165, 1.54) is 14.2 Å². The summed E-state index contributed by atoms with van der Waals surface area (Å²) in [5.74, 6) is -1.59. The number of aryl methyl sites for hydroxylation is 2. The van der Waals surface area contributed by atoms with Crippen molar-refractivity contribution in [3.8, 4) is 0 Å². The van der Waals surface area contributed by atoms with Gasteiger partial charge in [-0.3, -0.25) is 4.79 Å². The van der Waals surface area contributed by atoms with Gasteiger partial charge < -0.3 is 14.6 Å². The molecule has 0 amide bonds. The molecular formula is C21H24O4. The molecular weight excluding hydrogens is 316 g/mol. The number of ether oxygens (including phenoxy) is 2. The molecule has 0 heterocycles. The first-order chi connectivity index (χ1) is 11.9. The quantitative estimate of drug-likeness (QED) is 0.441. The van der Waals surface area contributed by atoms with Crippen molar-refractivity contribution >= 4 is 5.78 Å². The smallest absolute Gasteiger partial charge is 0.260 e. The van der Waals surface area contributed by atoms with E-state index in [-0.39, 0.29) is 11.5 Å². The summed E-state index contributed by atoms with van der Waals surface area (Å²) in [6.45, 7) is 5.46. The summed E-state index contributed by atoms with van der Waals surface area (Å²) in [6, 6.07) is 14.7. The summed E-state index contributed by atoms with van der Waals surface area (Å²) in [6.07, 6.45) is 1.16. The second-order valence-corrected chi connectivity index (χ2v) is 5.98. The average molecular weight is 340 g/mol. The molecule has 0 spiro atoms. The van der Waals surface area contributed by atoms with Crippen molar-refractivity contribution in [1.82, 2.24) is 0 Å². The molecule has 4 nitrogen and oxygen atoms in total. The van der Waals surface area contributed by atoms with Crippen LogP contribution in [0.4, 0.5) is 0 Å². The molecule has 1 N–H and O–H groups in total. The Morgan fingerprint density at radius 2 is 1.60 bits per heavy atom. The van der Waals surface area contributed by atoms with Crippen molar-refractivity contribution in [3.05, 3.63) is 83.1 Å². The number of methoxy groups -OCH3 is 2. The van der Waals surface area contributed by atoms with Gasteiger partial charge in [-0.25, -0.2) is 0 Å². The van der Waals surface area contributed by atoms with Crippen molar-refractivity contribution < 1.29 is 19.4 Å². The Bertz CT molecular complexity index is 725. The molecule has 132 valence electrons. The molecule has 0 unspecified atom stereocenters. The van der Waals surface area contributed by atoms with Gasteiger partial charge in [0.1, 0.15) is 0 Å². The maximum atomic E-state index is 13.1. The van der Waals surface area contributed by atoms with Gasteiger partial charge in [0.25, 0.3) is 5.79 Å². The van der Waals surface area contributed by atoms with E-state index in [1.807, 2.05) is 43.3 Å². The lowest BCUT2D eigenvalue weighted by Gasteiger charge is -2.30. The second-order valence-electron chi connectivity index (χ2n) is 5.98. The Hall–Kier alpha value is -2.43. The molecule has 0 fully saturated rings. The van der Waals surface area contributed by atoms with Crippen LogP contribution in [0.25, 0.3) is 0 Å². The van der Waals surface area contributed by atoms with E-state index >= 15 is 0 Å². The fourth-order valence-electron chi connectivity index (χ4n) is 2.71. The lowest BCUT2D eigenvalue weighted by Crippen LogP contribution is -2.40. The Morgan fingerprint density at radius 1 is 1.04 bits per heavy atom. The number of Topliss-reactive ketones (excluding diaryl/α,β-unsaturated/α-hetero) is 1. The third-order valence-electron chi connectivity index (χ3n) is 4.22. The minimum absolute atomic E-state index is 0.150. The molecule has 0 aliphatic rings. The molecule has 2 aromatic rings. The summed E-state index contributed by atoms with van der Waals surface area (Å²) in [7, 11) is 2.92. The maximum absolute atomic E-state index is 13.1. The Kier molecular flexibility index (Phi) is 6.12. The van der Waals surface area contributed by atoms with Crippen LogP contribution in [0.2, 0.25) is 0 Å². The number of hydrogen-bond acceptors (Lipinski definition) is 4. The Labute approximate surface area is 148 Å². The largest absolute Gasteiger partial charge is 0.513 e. The summed E-state index contributed by atoms with van der Waals surface area (Å²) >= 11 is 0. The van der Waals surface area contributed by atoms with E-state index in [4.69, 9.17) is 9.47 Å². The van der Waals surface area contributed by atoms with Crippen LogP contribution in [0, 0.1) is 6.92 Å². The zero-order chi connectivity index (χ0) is 18.4. The van der Waals surface area contributed by atoms with Crippen molar-refractivity contribution in [2.75, 3.05) is 14.2 Å². The molecule has 0 saturated heterocycles. The minimum Gasteiger partial charge on any atom is -0.513 e. The normalized spacial score (nSPS) is 11.3. The number of hydrogen-bond donors (Lipinski definition) is 1. The number of aliphatic hydroxyl groups excluding tert-OH is 1. The van der Waals surface area contributed by atoms with Gasteiger partial charge in [0.15, 0.2) is 0 Å². The van der Waals surface area contributed by atoms with E-state index in [0.717, 1.165) is 11.1 Å². The highest BCUT2D eigenvalue weighted by Gasteiger charge is 2.41. The zero-order valence-corrected chi connectivity index (χ0v) is 14.9. The number of rotatable bonds is 8. The van der Waals surface area contributed by atoms with Crippen LogP contribution < -0.4 is 0 Å². The van der Waals surface area contributed by atoms with E-state index < -0.39 is 5.79 Å². The fourth-order valence-corrected chi connectivity index (χ4v) is 2.71. The predicted molar refractivity (Wildman–Crippen MR) is 97.7 cm³/mol. The molecule has 0 aliphatic carbocycles. The number of allylic oxidation sites excluding steroid dienone is 1. The molecule has 2 aromatic carbocycles. The molecule has 4 heteroatoms. The van der Waals surface area contributed by atoms with Crippen LogP contribution in [0.5, 0.6) is 0 Å². The van der Waals surface area contributed by atoms with E-state index in [0.29, 0.717) is 24.0 Å². The van der Waals surface area contributed by atoms with Gasteiger partial charge in [0.2, 0.25) is 5.78 Å². The van der Waals surface area contributed by atoms with Gasteiger partial charge in [-0.15, -0.1) is 0 Å². The molecule has 0 atom stereocenters. The fraction of sp³-hybridized carbons (Fsp3) is 0.286. The van der Waals surface area contributed by atoms with E-state index in [1.54, 1.807) is 12.1 Å². The first-order valence-electron chi connectivity index (χ1n) is 8.11. The first kappa shape index (κ1) is 18.9. The lowest BCUT2D eigenvalue weighted by atomic mass is 9.94. The molecule has 0 saturated carbocycles. The Morgan fingerprint density at radius 3 is 2.08 bits per heavy atom. The standard InChI is InChI=1S/C21H24O4/c1-15-5-13-19(14-6-15)21(24-3,25-4)20(23)18-11-9-17(10-12-18)8-7-16(2)22/h5-6,9-14,22H,2,7-8H2,1,3-4H3. The number of ketones is 1. The van der Waals surface area contributed by atoms with Crippen molar-refractivity contribution in [1.29, 1.82) is 0 Å². The second kappa shape index (κ2) is 8.10. The first-order valence-corrected chi connectivity index (χ1v) is 8.11. The lowest BCUT2D eigenvalue weighted by molar-refractivity contribution is -0.176. The van der Waals surface area contributed by atoms with Gasteiger partial charge in [0.05, 0.1) is 5.76 Å². The van der Waals surface area contributed by atoms with Gasteiger partial charge in [-0.05, 0) is 18.9 Å². The summed E-state index contributed by atoms with van der Waals surface area (Å²) in [4.78, 5) is 13.1. The van der Waals surface area contributed by atoms with Crippen LogP contribution >= 0.6 is 0 Å². The third-order valence-corrected chi connectivity index (χ3v) is 4.22. The zero-order valence-electron chi connectivity index (χ0n) is 14.9. The van der Waals surface area contributed by atoms with Gasteiger partial charge in [-0.1, -0.05) is 60.7 Å². The summed E-state index contributed by atoms with van der Waals surface area (Å²) in [5.41, 5.74) is 3.25. The molecule has 0 radical (unpaired) electrons. The van der Waals surface area contributed by atoms with Crippen LogP contribution in [-0.2, 0) is 21.7 Å². The number of aliphatic hydroxyl groups is 1. The topological polar surface area (TPSA) is 55.8 Å². The van der Waals surface area contributed by atoms with Crippen molar-refractivity contribution in [2.24, 2.45) is 0 Å². The molecule has 0 aliphatic heterocycles. The molecule has 0 aromatic heterocycles. The molecule has 2 rings (SSSR count). The summed E-state index contributed by atoms with van der Waals surface area (Å²) in [5, 5.41) is 9.19. The van der Waals surface area contributed by atoms with Crippen LogP contribution in [-0.4, -0.2) is 25.1 Å². The highest BCUT2D eigenvalue weighted by Crippen LogP contribution is 2.31. The monoisotopic (exact) mass is 340 g/mol. The predicted octanol–water partition coefficient (Wildman–Crippen LogP) is 4.33. The summed E-state index contributed by atoms with van der Waals surface area (Å²) < 4.78 is 11.0. The third kappa shape index (κ3) is 4.16. The van der Waals surface area contributed by atoms with E-state index in [2.05, 4.69) is 6.58 Å². The molecule has 25 heavy (non-hydrogen) atoms. The Balaban J connectivity index is 2.31. The number of benzene rings is 2. The van der Waals surface area contributed by atoms with Gasteiger partial charge in [0, 0.05) is 31.8 Å². The SMILES string of the molecule is C=C(O)CCc1ccc(C(=O)C(OC)(OC)c2ccc(C)cc2)cc1.